The Morgan fingerprint density at radius 2 is 1.93 bits per heavy atom. The van der Waals surface area contributed by atoms with E-state index in [1.807, 2.05) is 43.5 Å². The molecule has 0 aliphatic carbocycles. The third kappa shape index (κ3) is 3.26. The average molecular weight is 398 g/mol. The summed E-state index contributed by atoms with van der Waals surface area (Å²) in [5.41, 5.74) is 4.95. The molecule has 0 saturated carbocycles. The lowest BCUT2D eigenvalue weighted by Crippen LogP contribution is -2.27. The maximum atomic E-state index is 12.4. The zero-order valence-electron chi connectivity index (χ0n) is 16.5. The van der Waals surface area contributed by atoms with E-state index in [0.717, 1.165) is 40.0 Å². The molecule has 2 amide bonds. The van der Waals surface area contributed by atoms with Gasteiger partial charge in [0.25, 0.3) is 11.1 Å². The summed E-state index contributed by atoms with van der Waals surface area (Å²) in [6.07, 6.45) is 1.76. The van der Waals surface area contributed by atoms with Crippen molar-refractivity contribution in [1.82, 2.24) is 9.47 Å². The second kappa shape index (κ2) is 7.67. The van der Waals surface area contributed by atoms with Crippen molar-refractivity contribution in [3.63, 3.8) is 0 Å². The van der Waals surface area contributed by atoms with Crippen LogP contribution in [0, 0.1) is 20.8 Å². The van der Waals surface area contributed by atoms with E-state index in [0.29, 0.717) is 17.0 Å². The number of nitrogens with zero attached hydrogens (tertiary/aromatic N) is 2. The molecular formula is C21H22N2O4S. The predicted octanol–water partition coefficient (Wildman–Crippen LogP) is 4.25. The molecule has 1 aliphatic heterocycles. The van der Waals surface area contributed by atoms with Gasteiger partial charge in [0, 0.05) is 23.6 Å². The highest BCUT2D eigenvalue weighted by molar-refractivity contribution is 8.18. The lowest BCUT2D eigenvalue weighted by atomic mass is 10.1. The number of hydrogen-bond acceptors (Lipinski definition) is 5. The first-order valence-electron chi connectivity index (χ1n) is 8.92. The monoisotopic (exact) mass is 398 g/mol. The van der Waals surface area contributed by atoms with E-state index < -0.39 is 0 Å². The van der Waals surface area contributed by atoms with Gasteiger partial charge >= 0.3 is 5.97 Å². The number of amides is 2. The van der Waals surface area contributed by atoms with Gasteiger partial charge in [0.1, 0.15) is 0 Å². The zero-order chi connectivity index (χ0) is 20.6. The molecule has 146 valence electrons. The Kier molecular flexibility index (Phi) is 5.47. The number of ether oxygens (including phenoxy) is 1. The van der Waals surface area contributed by atoms with Crippen molar-refractivity contribution in [2.45, 2.75) is 27.7 Å². The van der Waals surface area contributed by atoms with Crippen LogP contribution in [0.5, 0.6) is 0 Å². The van der Waals surface area contributed by atoms with Gasteiger partial charge in [-0.1, -0.05) is 6.07 Å². The van der Waals surface area contributed by atoms with Crippen LogP contribution in [-0.4, -0.2) is 40.2 Å². The Bertz CT molecular complexity index is 1020. The number of hydrogen-bond donors (Lipinski definition) is 0. The molecule has 7 heteroatoms. The second-order valence-corrected chi connectivity index (χ2v) is 7.52. The summed E-state index contributed by atoms with van der Waals surface area (Å²) in [5.74, 6) is -0.638. The van der Waals surface area contributed by atoms with Crippen LogP contribution in [0.15, 0.2) is 29.2 Å². The molecule has 1 aliphatic rings. The molecule has 28 heavy (non-hydrogen) atoms. The molecule has 0 N–H and O–H groups in total. The van der Waals surface area contributed by atoms with E-state index in [1.165, 1.54) is 12.0 Å². The van der Waals surface area contributed by atoms with Crippen LogP contribution in [0.2, 0.25) is 0 Å². The quantitative estimate of drug-likeness (QED) is 0.569. The summed E-state index contributed by atoms with van der Waals surface area (Å²) < 4.78 is 6.91. The number of aryl methyl sites for hydroxylation is 1. The van der Waals surface area contributed by atoms with Gasteiger partial charge in [-0.3, -0.25) is 14.5 Å². The van der Waals surface area contributed by atoms with Gasteiger partial charge in [-0.2, -0.15) is 0 Å². The molecule has 0 atom stereocenters. The van der Waals surface area contributed by atoms with Gasteiger partial charge in [-0.15, -0.1) is 0 Å². The van der Waals surface area contributed by atoms with E-state index in [-0.39, 0.29) is 17.1 Å². The normalized spacial score (nSPS) is 15.6. The molecule has 2 heterocycles. The van der Waals surface area contributed by atoms with Gasteiger partial charge in [0.05, 0.1) is 17.6 Å². The van der Waals surface area contributed by atoms with E-state index in [9.17, 15) is 14.4 Å². The third-order valence-electron chi connectivity index (χ3n) is 4.90. The van der Waals surface area contributed by atoms with E-state index in [2.05, 4.69) is 0 Å². The predicted molar refractivity (Wildman–Crippen MR) is 110 cm³/mol. The Labute approximate surface area is 168 Å². The van der Waals surface area contributed by atoms with Crippen LogP contribution in [0.1, 0.15) is 39.8 Å². The number of rotatable bonds is 4. The van der Waals surface area contributed by atoms with Crippen molar-refractivity contribution in [3.8, 4) is 5.69 Å². The fraction of sp³-hybridized carbons (Fsp3) is 0.286. The molecule has 0 spiro atoms. The van der Waals surface area contributed by atoms with Crippen LogP contribution >= 0.6 is 11.8 Å². The Morgan fingerprint density at radius 3 is 2.54 bits per heavy atom. The van der Waals surface area contributed by atoms with Crippen LogP contribution in [0.4, 0.5) is 4.79 Å². The van der Waals surface area contributed by atoms with Crippen LogP contribution < -0.4 is 0 Å². The molecular weight excluding hydrogens is 376 g/mol. The number of carbonyl (C=O) groups excluding carboxylic acids is 3. The van der Waals surface area contributed by atoms with Crippen molar-refractivity contribution in [1.29, 1.82) is 0 Å². The largest absolute Gasteiger partial charge is 0.465 e. The molecule has 0 bridgehead atoms. The summed E-state index contributed by atoms with van der Waals surface area (Å²) in [5, 5.41) is -0.241. The van der Waals surface area contributed by atoms with Crippen LogP contribution in [0.3, 0.4) is 0 Å². The summed E-state index contributed by atoms with van der Waals surface area (Å²) in [7, 11) is 1.36. The van der Waals surface area contributed by atoms with Crippen molar-refractivity contribution in [2.24, 2.45) is 0 Å². The van der Waals surface area contributed by atoms with Gasteiger partial charge in [0.2, 0.25) is 0 Å². The second-order valence-electron chi connectivity index (χ2n) is 6.53. The SMILES string of the molecule is CCN1C(=O)S/C(=C/c2cc(C)n(-c3cccc(C(=O)OC)c3C)c2C)C1=O. The Hall–Kier alpha value is -2.80. The number of likely N-dealkylation sites (N-methyl/N-ethyl adjacent to an activating group) is 1. The standard InChI is InChI=1S/C21H22N2O4S/c1-6-22-19(24)18(28-21(22)26)11-15-10-12(2)23(14(15)4)17-9-7-8-16(13(17)3)20(25)27-5/h7-11H,6H2,1-5H3/b18-11+. The highest BCUT2D eigenvalue weighted by Crippen LogP contribution is 2.34. The third-order valence-corrected chi connectivity index (χ3v) is 5.81. The van der Waals surface area contributed by atoms with Gasteiger partial charge in [-0.25, -0.2) is 4.79 Å². The first-order valence-corrected chi connectivity index (χ1v) is 9.74. The molecule has 1 fully saturated rings. The molecule has 1 aromatic carbocycles. The number of methoxy groups -OCH3 is 1. The summed E-state index contributed by atoms with van der Waals surface area (Å²) in [6, 6.07) is 7.47. The first-order chi connectivity index (χ1) is 13.3. The van der Waals surface area contributed by atoms with E-state index in [4.69, 9.17) is 4.74 Å². The highest BCUT2D eigenvalue weighted by Gasteiger charge is 2.34. The highest BCUT2D eigenvalue weighted by atomic mass is 32.2. The maximum Gasteiger partial charge on any atom is 0.338 e. The fourth-order valence-electron chi connectivity index (χ4n) is 3.42. The van der Waals surface area contributed by atoms with Crippen molar-refractivity contribution >= 4 is 35.0 Å². The van der Waals surface area contributed by atoms with Gasteiger partial charge < -0.3 is 9.30 Å². The number of esters is 1. The zero-order valence-corrected chi connectivity index (χ0v) is 17.3. The molecule has 3 rings (SSSR count). The number of thioether (sulfide) groups is 1. The summed E-state index contributed by atoms with van der Waals surface area (Å²) in [6.45, 7) is 7.94. The molecule has 0 unspecified atom stereocenters. The topological polar surface area (TPSA) is 68.6 Å². The van der Waals surface area contributed by atoms with Crippen molar-refractivity contribution < 1.29 is 19.1 Å². The number of imide groups is 1. The molecule has 1 saturated heterocycles. The Balaban J connectivity index is 2.08. The van der Waals surface area contributed by atoms with E-state index >= 15 is 0 Å². The number of benzene rings is 1. The molecule has 2 aromatic rings. The fourth-order valence-corrected chi connectivity index (χ4v) is 4.31. The van der Waals surface area contributed by atoms with Gasteiger partial charge in [-0.05, 0) is 74.9 Å². The minimum Gasteiger partial charge on any atom is -0.465 e. The smallest absolute Gasteiger partial charge is 0.338 e. The minimum absolute atomic E-state index is 0.241. The average Bonchev–Trinajstić information content (AvgIpc) is 3.09. The number of aromatic nitrogens is 1. The van der Waals surface area contributed by atoms with Crippen molar-refractivity contribution in [2.75, 3.05) is 13.7 Å². The maximum absolute atomic E-state index is 12.4. The Morgan fingerprint density at radius 1 is 1.21 bits per heavy atom. The first kappa shape index (κ1) is 19.9. The van der Waals surface area contributed by atoms with E-state index in [1.54, 1.807) is 19.1 Å². The van der Waals surface area contributed by atoms with Gasteiger partial charge in [0.15, 0.2) is 0 Å². The van der Waals surface area contributed by atoms with Crippen molar-refractivity contribution in [3.05, 3.63) is 57.2 Å². The molecule has 1 aromatic heterocycles. The van der Waals surface area contributed by atoms with Crippen LogP contribution in [0.25, 0.3) is 11.8 Å². The molecule has 6 nitrogen and oxygen atoms in total. The lowest BCUT2D eigenvalue weighted by molar-refractivity contribution is -0.122. The summed E-state index contributed by atoms with van der Waals surface area (Å²) in [4.78, 5) is 38.0. The molecule has 0 radical (unpaired) electrons. The minimum atomic E-state index is -0.379. The summed E-state index contributed by atoms with van der Waals surface area (Å²) >= 11 is 0.961. The number of carbonyl (C=O) groups is 3. The van der Waals surface area contributed by atoms with Crippen LogP contribution in [-0.2, 0) is 9.53 Å². The lowest BCUT2D eigenvalue weighted by Gasteiger charge is -2.15.